The lowest BCUT2D eigenvalue weighted by molar-refractivity contribution is -0.275. The van der Waals surface area contributed by atoms with E-state index in [1.165, 1.54) is 30.4 Å². The van der Waals surface area contributed by atoms with Gasteiger partial charge in [-0.1, -0.05) is 36.9 Å². The minimum absolute atomic E-state index is 0.0775. The van der Waals surface area contributed by atoms with Crippen LogP contribution in [0.3, 0.4) is 0 Å². The molecule has 198 valence electrons. The van der Waals surface area contributed by atoms with E-state index >= 15 is 0 Å². The summed E-state index contributed by atoms with van der Waals surface area (Å²) in [7, 11) is 1.25. The van der Waals surface area contributed by atoms with Crippen molar-refractivity contribution < 1.29 is 32.2 Å². The monoisotopic (exact) mass is 544 g/mol. The van der Waals surface area contributed by atoms with Crippen molar-refractivity contribution in [1.82, 2.24) is 9.99 Å². The SMILES string of the molecule is CCC1SC(=O)N(Cc2ccc(NC(=O)c3ccccn3)cc2)N=C1c1ccc(OC)c(OC(F)(F)F)c1. The van der Waals surface area contributed by atoms with Crippen LogP contribution in [-0.4, -0.2) is 45.6 Å². The van der Waals surface area contributed by atoms with E-state index in [0.717, 1.165) is 17.3 Å². The molecule has 1 atom stereocenters. The van der Waals surface area contributed by atoms with E-state index in [1.807, 2.05) is 6.92 Å². The number of hydrazone groups is 1. The number of aromatic nitrogens is 1. The highest BCUT2D eigenvalue weighted by atomic mass is 32.2. The molecule has 0 fully saturated rings. The highest BCUT2D eigenvalue weighted by Crippen LogP contribution is 2.36. The van der Waals surface area contributed by atoms with Gasteiger partial charge in [-0.05, 0) is 54.4 Å². The van der Waals surface area contributed by atoms with Crippen molar-refractivity contribution in [3.8, 4) is 11.5 Å². The van der Waals surface area contributed by atoms with Crippen molar-refractivity contribution in [2.45, 2.75) is 31.5 Å². The summed E-state index contributed by atoms with van der Waals surface area (Å²) in [5.74, 6) is -0.924. The Morgan fingerprint density at radius 3 is 2.50 bits per heavy atom. The van der Waals surface area contributed by atoms with Gasteiger partial charge in [-0.25, -0.2) is 5.01 Å². The van der Waals surface area contributed by atoms with Crippen LogP contribution in [0.2, 0.25) is 0 Å². The van der Waals surface area contributed by atoms with Crippen LogP contribution in [0.25, 0.3) is 0 Å². The molecule has 12 heteroatoms. The third kappa shape index (κ3) is 6.62. The maximum Gasteiger partial charge on any atom is 0.573 e. The minimum Gasteiger partial charge on any atom is -0.493 e. The minimum atomic E-state index is -4.90. The van der Waals surface area contributed by atoms with Gasteiger partial charge in [0.15, 0.2) is 11.5 Å². The largest absolute Gasteiger partial charge is 0.573 e. The number of ether oxygens (including phenoxy) is 2. The van der Waals surface area contributed by atoms with Crippen LogP contribution in [0.4, 0.5) is 23.7 Å². The molecular weight excluding hydrogens is 521 g/mol. The lowest BCUT2D eigenvalue weighted by atomic mass is 10.0. The molecule has 2 amide bonds. The standard InChI is InChI=1S/C26H23F3N4O4S/c1-3-22-23(17-9-12-20(36-2)21(14-17)37-26(27,28)29)32-33(25(35)38-22)15-16-7-10-18(11-8-16)31-24(34)19-6-4-5-13-30-19/h4-14,22H,3,15H2,1-2H3,(H,31,34). The Labute approximate surface area is 220 Å². The Hall–Kier alpha value is -4.06. The molecule has 2 aromatic carbocycles. The lowest BCUT2D eigenvalue weighted by Crippen LogP contribution is -2.34. The third-order valence-corrected chi connectivity index (χ3v) is 6.74. The van der Waals surface area contributed by atoms with Gasteiger partial charge in [-0.15, -0.1) is 13.2 Å². The van der Waals surface area contributed by atoms with E-state index < -0.39 is 12.1 Å². The lowest BCUT2D eigenvalue weighted by Gasteiger charge is -2.28. The number of halogens is 3. The average Bonchev–Trinajstić information content (AvgIpc) is 2.90. The molecule has 3 aromatic rings. The Balaban J connectivity index is 1.54. The predicted octanol–water partition coefficient (Wildman–Crippen LogP) is 6.09. The number of thioether (sulfide) groups is 1. The van der Waals surface area contributed by atoms with E-state index in [2.05, 4.69) is 20.1 Å². The first-order valence-electron chi connectivity index (χ1n) is 11.5. The molecule has 0 radical (unpaired) electrons. The molecule has 0 saturated carbocycles. The number of nitrogens with zero attached hydrogens (tertiary/aromatic N) is 3. The van der Waals surface area contributed by atoms with Gasteiger partial charge in [-0.3, -0.25) is 14.6 Å². The van der Waals surface area contributed by atoms with Crippen LogP contribution >= 0.6 is 11.8 Å². The van der Waals surface area contributed by atoms with Crippen LogP contribution in [0, 0.1) is 0 Å². The highest BCUT2D eigenvalue weighted by Gasteiger charge is 2.34. The quantitative estimate of drug-likeness (QED) is 0.369. The fraction of sp³-hybridized carbons (Fsp3) is 0.231. The molecule has 1 unspecified atom stereocenters. The molecule has 2 heterocycles. The number of carbonyl (C=O) groups excluding carboxylic acids is 2. The second-order valence-corrected chi connectivity index (χ2v) is 9.26. The number of pyridine rings is 1. The van der Waals surface area contributed by atoms with Gasteiger partial charge in [0.05, 0.1) is 24.6 Å². The summed E-state index contributed by atoms with van der Waals surface area (Å²) in [6, 6.07) is 16.1. The van der Waals surface area contributed by atoms with Gasteiger partial charge < -0.3 is 14.8 Å². The molecule has 1 N–H and O–H groups in total. The number of hydrogen-bond acceptors (Lipinski definition) is 7. The maximum absolute atomic E-state index is 12.9. The van der Waals surface area contributed by atoms with Gasteiger partial charge in [-0.2, -0.15) is 5.10 Å². The second kappa shape index (κ2) is 11.5. The van der Waals surface area contributed by atoms with Gasteiger partial charge in [0, 0.05) is 17.4 Å². The molecule has 1 aliphatic rings. The van der Waals surface area contributed by atoms with Crippen LogP contribution in [-0.2, 0) is 6.54 Å². The fourth-order valence-corrected chi connectivity index (χ4v) is 4.62. The van der Waals surface area contributed by atoms with E-state index in [4.69, 9.17) is 4.74 Å². The summed E-state index contributed by atoms with van der Waals surface area (Å²) in [6.45, 7) is 1.99. The molecule has 1 aromatic heterocycles. The number of methoxy groups -OCH3 is 1. The number of alkyl halides is 3. The van der Waals surface area contributed by atoms with E-state index in [0.29, 0.717) is 23.4 Å². The zero-order valence-corrected chi connectivity index (χ0v) is 21.2. The number of nitrogens with one attached hydrogen (secondary N) is 1. The average molecular weight is 545 g/mol. The van der Waals surface area contributed by atoms with Gasteiger partial charge in [0.25, 0.3) is 5.91 Å². The number of hydrogen-bond donors (Lipinski definition) is 1. The summed E-state index contributed by atoms with van der Waals surface area (Å²) < 4.78 is 47.9. The van der Waals surface area contributed by atoms with Crippen molar-refractivity contribution in [1.29, 1.82) is 0 Å². The Bertz CT molecular complexity index is 1330. The van der Waals surface area contributed by atoms with Gasteiger partial charge >= 0.3 is 11.6 Å². The highest BCUT2D eigenvalue weighted by molar-refractivity contribution is 8.14. The first kappa shape index (κ1) is 27.0. The Morgan fingerprint density at radius 1 is 1.11 bits per heavy atom. The second-order valence-electron chi connectivity index (χ2n) is 8.10. The first-order valence-corrected chi connectivity index (χ1v) is 12.4. The Kier molecular flexibility index (Phi) is 8.20. The molecule has 0 aliphatic carbocycles. The summed E-state index contributed by atoms with van der Waals surface area (Å²) in [5.41, 5.74) is 2.40. The molecule has 0 saturated heterocycles. The molecule has 38 heavy (non-hydrogen) atoms. The van der Waals surface area contributed by atoms with Gasteiger partial charge in [0.1, 0.15) is 5.69 Å². The zero-order valence-electron chi connectivity index (χ0n) is 20.4. The fourth-order valence-electron chi connectivity index (χ4n) is 3.69. The normalized spacial score (nSPS) is 15.6. The third-order valence-electron chi connectivity index (χ3n) is 5.48. The molecular formula is C26H23F3N4O4S. The van der Waals surface area contributed by atoms with Crippen molar-refractivity contribution in [2.24, 2.45) is 5.10 Å². The van der Waals surface area contributed by atoms with Gasteiger partial charge in [0.2, 0.25) is 0 Å². The number of amides is 2. The molecule has 0 spiro atoms. The van der Waals surface area contributed by atoms with Crippen molar-refractivity contribution in [2.75, 3.05) is 12.4 Å². The van der Waals surface area contributed by atoms with E-state index in [1.54, 1.807) is 48.5 Å². The summed E-state index contributed by atoms with van der Waals surface area (Å²) >= 11 is 1.05. The van der Waals surface area contributed by atoms with Crippen LogP contribution in [0.5, 0.6) is 11.5 Å². The number of carbonyl (C=O) groups is 2. The summed E-state index contributed by atoms with van der Waals surface area (Å²) in [6.07, 6.45) is -2.83. The topological polar surface area (TPSA) is 93.1 Å². The zero-order chi connectivity index (χ0) is 27.3. The number of benzene rings is 2. The van der Waals surface area contributed by atoms with Crippen LogP contribution < -0.4 is 14.8 Å². The molecule has 0 bridgehead atoms. The predicted molar refractivity (Wildman–Crippen MR) is 137 cm³/mol. The first-order chi connectivity index (χ1) is 18.2. The smallest absolute Gasteiger partial charge is 0.493 e. The van der Waals surface area contributed by atoms with Crippen molar-refractivity contribution >= 4 is 34.3 Å². The van der Waals surface area contributed by atoms with Crippen LogP contribution in [0.1, 0.15) is 35.0 Å². The summed E-state index contributed by atoms with van der Waals surface area (Å²) in [4.78, 5) is 29.1. The molecule has 1 aliphatic heterocycles. The van der Waals surface area contributed by atoms with E-state index in [9.17, 15) is 22.8 Å². The van der Waals surface area contributed by atoms with Crippen molar-refractivity contribution in [3.63, 3.8) is 0 Å². The Morgan fingerprint density at radius 2 is 1.87 bits per heavy atom. The maximum atomic E-state index is 12.9. The van der Waals surface area contributed by atoms with Crippen molar-refractivity contribution in [3.05, 3.63) is 83.7 Å². The molecule has 8 nitrogen and oxygen atoms in total. The van der Waals surface area contributed by atoms with Crippen LogP contribution in [0.15, 0.2) is 72.0 Å². The number of anilines is 1. The summed E-state index contributed by atoms with van der Waals surface area (Å²) in [5, 5.41) is 7.89. The van der Waals surface area contributed by atoms with E-state index in [-0.39, 0.29) is 34.4 Å². The molecule has 4 rings (SSSR count). The number of rotatable bonds is 8.